The Balaban J connectivity index is 1.90. The van der Waals surface area contributed by atoms with E-state index in [9.17, 15) is 4.79 Å². The number of rotatable bonds is 6. The summed E-state index contributed by atoms with van der Waals surface area (Å²) < 4.78 is 3.17. The minimum Gasteiger partial charge on any atom is -0.356 e. The van der Waals surface area contributed by atoms with Gasteiger partial charge in [0.2, 0.25) is 0 Å². The van der Waals surface area contributed by atoms with E-state index in [1.165, 1.54) is 5.69 Å². The lowest BCUT2D eigenvalue weighted by atomic mass is 10.1. The zero-order chi connectivity index (χ0) is 19.1. The summed E-state index contributed by atoms with van der Waals surface area (Å²) in [6.45, 7) is 1.50. The Morgan fingerprint density at radius 3 is 2.73 bits per heavy atom. The molecule has 0 saturated heterocycles. The molecule has 2 aromatic rings. The van der Waals surface area contributed by atoms with Gasteiger partial charge in [0.15, 0.2) is 5.96 Å². The summed E-state index contributed by atoms with van der Waals surface area (Å²) in [6, 6.07) is 9.79. The van der Waals surface area contributed by atoms with E-state index >= 15 is 0 Å². The van der Waals surface area contributed by atoms with Gasteiger partial charge in [-0.1, -0.05) is 12.1 Å². The van der Waals surface area contributed by atoms with Gasteiger partial charge >= 0.3 is 0 Å². The monoisotopic (exact) mass is 419 g/mol. The van der Waals surface area contributed by atoms with Crippen molar-refractivity contribution in [3.05, 3.63) is 57.8 Å². The molecule has 7 heteroatoms. The van der Waals surface area contributed by atoms with Crippen molar-refractivity contribution in [3.63, 3.8) is 0 Å². The zero-order valence-electron chi connectivity index (χ0n) is 15.7. The lowest BCUT2D eigenvalue weighted by molar-refractivity contribution is 0.0963. The van der Waals surface area contributed by atoms with Crippen LogP contribution in [0.3, 0.4) is 0 Å². The molecule has 6 nitrogen and oxygen atoms in total. The largest absolute Gasteiger partial charge is 0.356 e. The Labute approximate surface area is 163 Å². The molecule has 0 aliphatic rings. The molecule has 26 heavy (non-hydrogen) atoms. The minimum absolute atomic E-state index is 0.0657. The topological polar surface area (TPSA) is 61.7 Å². The summed E-state index contributed by atoms with van der Waals surface area (Å²) in [6.07, 6.45) is 2.85. The van der Waals surface area contributed by atoms with Crippen LogP contribution in [0.4, 0.5) is 0 Å². The molecule has 2 N–H and O–H groups in total. The molecule has 1 aromatic heterocycles. The minimum atomic E-state index is -0.0657. The molecule has 1 amide bonds. The highest BCUT2D eigenvalue weighted by Gasteiger charge is 2.10. The first-order valence-electron chi connectivity index (χ1n) is 8.48. The van der Waals surface area contributed by atoms with Gasteiger partial charge in [-0.25, -0.2) is 0 Å². The highest BCUT2D eigenvalue weighted by atomic mass is 79.9. The van der Waals surface area contributed by atoms with Crippen LogP contribution in [-0.4, -0.2) is 49.0 Å². The molecule has 0 bridgehead atoms. The van der Waals surface area contributed by atoms with Gasteiger partial charge in [0.05, 0.1) is 6.54 Å². The summed E-state index contributed by atoms with van der Waals surface area (Å²) in [5.74, 6) is 0.772. The van der Waals surface area contributed by atoms with Gasteiger partial charge < -0.3 is 20.1 Å². The molecule has 0 atom stereocenters. The summed E-state index contributed by atoms with van der Waals surface area (Å²) >= 11 is 3.50. The van der Waals surface area contributed by atoms with E-state index < -0.39 is 0 Å². The molecule has 0 aliphatic heterocycles. The van der Waals surface area contributed by atoms with Crippen molar-refractivity contribution in [2.75, 3.05) is 27.7 Å². The number of aryl methyl sites for hydroxylation is 1. The number of hydrogen-bond donors (Lipinski definition) is 2. The average molecular weight is 420 g/mol. The first-order valence-corrected chi connectivity index (χ1v) is 9.27. The normalized spacial score (nSPS) is 11.3. The van der Waals surface area contributed by atoms with Gasteiger partial charge in [-0.05, 0) is 46.1 Å². The molecule has 0 spiro atoms. The fourth-order valence-corrected chi connectivity index (χ4v) is 3.33. The van der Waals surface area contributed by atoms with Crippen LogP contribution in [0, 0.1) is 0 Å². The maximum absolute atomic E-state index is 11.7. The van der Waals surface area contributed by atoms with Crippen molar-refractivity contribution in [1.29, 1.82) is 0 Å². The Morgan fingerprint density at radius 2 is 2.12 bits per heavy atom. The van der Waals surface area contributed by atoms with E-state index in [1.54, 1.807) is 14.1 Å². The number of carbonyl (C=O) groups is 1. The van der Waals surface area contributed by atoms with Crippen LogP contribution in [0.2, 0.25) is 0 Å². The Morgan fingerprint density at radius 1 is 1.35 bits per heavy atom. The van der Waals surface area contributed by atoms with Crippen LogP contribution < -0.4 is 10.6 Å². The van der Waals surface area contributed by atoms with Crippen LogP contribution in [0.5, 0.6) is 0 Å². The Kier molecular flexibility index (Phi) is 7.26. The second-order valence-corrected chi connectivity index (χ2v) is 7.04. The number of nitrogens with one attached hydrogen (secondary N) is 2. The molecule has 0 fully saturated rings. The summed E-state index contributed by atoms with van der Waals surface area (Å²) in [5.41, 5.74) is 2.99. The molecule has 0 aliphatic carbocycles. The highest BCUT2D eigenvalue weighted by molar-refractivity contribution is 9.10. The summed E-state index contributed by atoms with van der Waals surface area (Å²) in [7, 11) is 7.47. The number of guanidine groups is 1. The van der Waals surface area contributed by atoms with E-state index in [4.69, 9.17) is 0 Å². The summed E-state index contributed by atoms with van der Waals surface area (Å²) in [5, 5.41) is 6.03. The predicted octanol–water partition coefficient (Wildman–Crippen LogP) is 2.40. The highest BCUT2D eigenvalue weighted by Crippen LogP contribution is 2.15. The van der Waals surface area contributed by atoms with Gasteiger partial charge in [0.1, 0.15) is 0 Å². The van der Waals surface area contributed by atoms with E-state index in [-0.39, 0.29) is 5.91 Å². The quantitative estimate of drug-likeness (QED) is 0.558. The van der Waals surface area contributed by atoms with E-state index in [0.717, 1.165) is 35.5 Å². The number of benzene rings is 1. The second-order valence-electron chi connectivity index (χ2n) is 6.12. The molecular formula is C19H26BrN5O. The van der Waals surface area contributed by atoms with Gasteiger partial charge in [0.25, 0.3) is 5.91 Å². The number of hydrogen-bond acceptors (Lipinski definition) is 2. The molecule has 0 saturated carbocycles. The maximum atomic E-state index is 11.7. The number of halogens is 1. The van der Waals surface area contributed by atoms with Crippen LogP contribution in [0.25, 0.3) is 0 Å². The van der Waals surface area contributed by atoms with Gasteiger partial charge in [-0.3, -0.25) is 9.79 Å². The van der Waals surface area contributed by atoms with Gasteiger partial charge in [0, 0.05) is 56.7 Å². The Hall–Kier alpha value is -2.28. The third-order valence-corrected chi connectivity index (χ3v) is 4.59. The van der Waals surface area contributed by atoms with Crippen molar-refractivity contribution in [2.24, 2.45) is 12.0 Å². The van der Waals surface area contributed by atoms with Crippen molar-refractivity contribution in [2.45, 2.75) is 13.0 Å². The standard InChI is InChI=1S/C19H26BrN5O/c1-21-18(26)15-7-5-6-14(10-15)8-9-23-19(22-2)25(4)13-17-11-16(20)12-24(17)3/h5-7,10-12H,8-9,13H2,1-4H3,(H,21,26)(H,22,23). The van der Waals surface area contributed by atoms with Crippen LogP contribution in [-0.2, 0) is 20.0 Å². The molecule has 1 aromatic carbocycles. The lowest BCUT2D eigenvalue weighted by Gasteiger charge is -2.22. The molecule has 0 radical (unpaired) electrons. The third-order valence-electron chi connectivity index (χ3n) is 4.16. The molecule has 1 heterocycles. The number of carbonyl (C=O) groups excluding carboxylic acids is 1. The lowest BCUT2D eigenvalue weighted by Crippen LogP contribution is -2.39. The van der Waals surface area contributed by atoms with Gasteiger partial charge in [-0.15, -0.1) is 0 Å². The zero-order valence-corrected chi connectivity index (χ0v) is 17.3. The first-order chi connectivity index (χ1) is 12.4. The smallest absolute Gasteiger partial charge is 0.251 e. The third kappa shape index (κ3) is 5.36. The number of amides is 1. The molecule has 0 unspecified atom stereocenters. The van der Waals surface area contributed by atoms with Crippen LogP contribution in [0.15, 0.2) is 46.0 Å². The fraction of sp³-hybridized carbons (Fsp3) is 0.368. The maximum Gasteiger partial charge on any atom is 0.251 e. The number of nitrogens with zero attached hydrogens (tertiary/aromatic N) is 3. The molecule has 140 valence electrons. The number of aromatic nitrogens is 1. The predicted molar refractivity (Wildman–Crippen MR) is 109 cm³/mol. The van der Waals surface area contributed by atoms with E-state index in [2.05, 4.69) is 47.1 Å². The SMILES string of the molecule is CN=C(NCCc1cccc(C(=O)NC)c1)N(C)Cc1cc(Br)cn1C. The fourth-order valence-electron chi connectivity index (χ4n) is 2.76. The Bertz CT molecular complexity index is 784. The van der Waals surface area contributed by atoms with Crippen LogP contribution >= 0.6 is 15.9 Å². The number of aliphatic imine (C=N–C) groups is 1. The second kappa shape index (κ2) is 9.43. The molecule has 2 rings (SSSR count). The van der Waals surface area contributed by atoms with E-state index in [0.29, 0.717) is 5.56 Å². The van der Waals surface area contributed by atoms with Gasteiger partial charge in [-0.2, -0.15) is 0 Å². The van der Waals surface area contributed by atoms with Crippen molar-refractivity contribution in [1.82, 2.24) is 20.1 Å². The summed E-state index contributed by atoms with van der Waals surface area (Å²) in [4.78, 5) is 18.2. The van der Waals surface area contributed by atoms with Crippen LogP contribution in [0.1, 0.15) is 21.6 Å². The van der Waals surface area contributed by atoms with Crippen molar-refractivity contribution < 1.29 is 4.79 Å². The average Bonchev–Trinajstić information content (AvgIpc) is 2.95. The first kappa shape index (κ1) is 20.0. The van der Waals surface area contributed by atoms with E-state index in [1.807, 2.05) is 44.6 Å². The molecular weight excluding hydrogens is 394 g/mol. The van der Waals surface area contributed by atoms with Crippen molar-refractivity contribution >= 4 is 27.8 Å². The van der Waals surface area contributed by atoms with Crippen molar-refractivity contribution in [3.8, 4) is 0 Å².